The van der Waals surface area contributed by atoms with Crippen LogP contribution in [0.15, 0.2) is 16.6 Å². The van der Waals surface area contributed by atoms with Gasteiger partial charge in [0.2, 0.25) is 11.3 Å². The molecule has 0 aliphatic rings. The highest BCUT2D eigenvalue weighted by Gasteiger charge is 2.19. The summed E-state index contributed by atoms with van der Waals surface area (Å²) in [5, 5.41) is 0. The fraction of sp³-hybridized carbons (Fsp3) is 0.538. The van der Waals surface area contributed by atoms with Crippen molar-refractivity contribution in [3.05, 3.63) is 33.5 Å². The van der Waals surface area contributed by atoms with E-state index in [1.807, 2.05) is 27.7 Å². The Hall–Kier alpha value is -0.300. The lowest BCUT2D eigenvalue weighted by Crippen LogP contribution is -2.30. The van der Waals surface area contributed by atoms with Crippen LogP contribution in [0, 0.1) is 12.7 Å². The lowest BCUT2D eigenvalue weighted by atomic mass is 10.0. The van der Waals surface area contributed by atoms with Gasteiger partial charge in [0.25, 0.3) is 0 Å². The minimum absolute atomic E-state index is 0.272. The first-order valence-electron chi connectivity index (χ1n) is 5.93. The fourth-order valence-corrected chi connectivity index (χ4v) is 2.94. The summed E-state index contributed by atoms with van der Waals surface area (Å²) in [6, 6.07) is 3.17. The van der Waals surface area contributed by atoms with Crippen LogP contribution in [0.2, 0.25) is 0 Å². The van der Waals surface area contributed by atoms with Gasteiger partial charge < -0.3 is 0 Å². The van der Waals surface area contributed by atoms with Crippen molar-refractivity contribution in [3.8, 4) is 0 Å². The average Bonchev–Trinajstić information content (AvgIpc) is 2.23. The Bertz CT molecular complexity index is 488. The molecule has 0 amide bonds. The molecule has 0 bridgehead atoms. The van der Waals surface area contributed by atoms with Crippen molar-refractivity contribution >= 4 is 27.2 Å². The van der Waals surface area contributed by atoms with E-state index in [0.717, 1.165) is 5.56 Å². The molecule has 0 fully saturated rings. The maximum atomic E-state index is 13.8. The molecule has 0 aromatic heterocycles. The minimum atomic E-state index is -1.62. The third-order valence-electron chi connectivity index (χ3n) is 2.45. The van der Waals surface area contributed by atoms with Crippen LogP contribution in [0.25, 0.3) is 0 Å². The van der Waals surface area contributed by atoms with E-state index in [0.29, 0.717) is 10.0 Å². The van der Waals surface area contributed by atoms with Crippen molar-refractivity contribution in [2.24, 2.45) is 0 Å². The quantitative estimate of drug-likeness (QED) is 0.891. The molecule has 0 saturated heterocycles. The van der Waals surface area contributed by atoms with Gasteiger partial charge in [-0.1, -0.05) is 6.07 Å². The monoisotopic (exact) mass is 351 g/mol. The van der Waals surface area contributed by atoms with Crippen molar-refractivity contribution in [2.75, 3.05) is 0 Å². The molecule has 1 unspecified atom stereocenters. The zero-order valence-corrected chi connectivity index (χ0v) is 14.1. The Balaban J connectivity index is 2.82. The SMILES string of the molecule is Cc1c([C@@H](C)NS(=O)OC(C)(C)C)ccc(Br)c1F. The predicted octanol–water partition coefficient (Wildman–Crippen LogP) is 3.94. The summed E-state index contributed by atoms with van der Waals surface area (Å²) in [6.45, 7) is 8.98. The van der Waals surface area contributed by atoms with Gasteiger partial charge in [-0.3, -0.25) is 4.18 Å². The first kappa shape index (κ1) is 16.8. The van der Waals surface area contributed by atoms with Crippen LogP contribution in [0.4, 0.5) is 4.39 Å². The summed E-state index contributed by atoms with van der Waals surface area (Å²) < 4.78 is 34.1. The summed E-state index contributed by atoms with van der Waals surface area (Å²) in [6.07, 6.45) is 0. The zero-order valence-electron chi connectivity index (χ0n) is 11.7. The van der Waals surface area contributed by atoms with Crippen molar-refractivity contribution < 1.29 is 12.8 Å². The first-order chi connectivity index (χ1) is 8.61. The van der Waals surface area contributed by atoms with E-state index in [-0.39, 0.29) is 11.9 Å². The molecular formula is C13H19BrFNO2S. The number of hydrogen-bond donors (Lipinski definition) is 1. The number of nitrogens with one attached hydrogen (secondary N) is 1. The van der Waals surface area contributed by atoms with E-state index in [1.165, 1.54) is 0 Å². The van der Waals surface area contributed by atoms with Crippen molar-refractivity contribution in [1.29, 1.82) is 0 Å². The highest BCUT2D eigenvalue weighted by Crippen LogP contribution is 2.26. The Morgan fingerprint density at radius 2 is 2.00 bits per heavy atom. The van der Waals surface area contributed by atoms with Crippen LogP contribution in [0.3, 0.4) is 0 Å². The number of rotatable bonds is 4. The topological polar surface area (TPSA) is 38.3 Å². The van der Waals surface area contributed by atoms with Crippen molar-refractivity contribution in [1.82, 2.24) is 4.72 Å². The summed E-state index contributed by atoms with van der Waals surface area (Å²) in [4.78, 5) is 0. The smallest absolute Gasteiger partial charge is 0.235 e. The second-order valence-corrected chi connectivity index (χ2v) is 7.07. The third-order valence-corrected chi connectivity index (χ3v) is 4.26. The molecule has 0 aliphatic carbocycles. The number of benzene rings is 1. The van der Waals surface area contributed by atoms with Gasteiger partial charge in [0.05, 0.1) is 10.1 Å². The molecule has 2 atom stereocenters. The highest BCUT2D eigenvalue weighted by atomic mass is 79.9. The molecule has 19 heavy (non-hydrogen) atoms. The molecule has 0 heterocycles. The Labute approximate surface area is 124 Å². The third kappa shape index (κ3) is 4.95. The molecule has 3 nitrogen and oxygen atoms in total. The molecule has 0 saturated carbocycles. The molecular weight excluding hydrogens is 333 g/mol. The molecule has 0 spiro atoms. The lowest BCUT2D eigenvalue weighted by molar-refractivity contribution is 0.149. The van der Waals surface area contributed by atoms with Gasteiger partial charge in [-0.2, -0.15) is 0 Å². The Morgan fingerprint density at radius 3 is 2.53 bits per heavy atom. The molecule has 108 valence electrons. The number of halogens is 2. The van der Waals surface area contributed by atoms with E-state index in [9.17, 15) is 8.60 Å². The fourth-order valence-electron chi connectivity index (χ4n) is 1.59. The second kappa shape index (κ2) is 6.43. The first-order valence-corrected chi connectivity index (χ1v) is 7.80. The van der Waals surface area contributed by atoms with E-state index in [4.69, 9.17) is 4.18 Å². The summed E-state index contributed by atoms with van der Waals surface area (Å²) in [5.41, 5.74) is 0.783. The van der Waals surface area contributed by atoms with Gasteiger partial charge in [0.1, 0.15) is 5.82 Å². The van der Waals surface area contributed by atoms with E-state index < -0.39 is 16.9 Å². The van der Waals surface area contributed by atoms with Gasteiger partial charge >= 0.3 is 0 Å². The van der Waals surface area contributed by atoms with Crippen molar-refractivity contribution in [2.45, 2.75) is 46.3 Å². The molecule has 0 aliphatic heterocycles. The number of hydrogen-bond acceptors (Lipinski definition) is 2. The van der Waals surface area contributed by atoms with Crippen LogP contribution in [0.1, 0.15) is 44.9 Å². The van der Waals surface area contributed by atoms with E-state index >= 15 is 0 Å². The van der Waals surface area contributed by atoms with Gasteiger partial charge in [-0.15, -0.1) is 0 Å². The standard InChI is InChI=1S/C13H19BrFNO2S/c1-8-10(6-7-11(14)12(8)15)9(2)16-19(17)18-13(3,4)5/h6-7,9,16H,1-5H3/t9-,19?/m1/s1. The van der Waals surface area contributed by atoms with Crippen LogP contribution in [-0.4, -0.2) is 9.81 Å². The average molecular weight is 352 g/mol. The molecule has 0 radical (unpaired) electrons. The minimum Gasteiger partial charge on any atom is -0.272 e. The zero-order chi connectivity index (χ0) is 14.8. The molecule has 1 N–H and O–H groups in total. The van der Waals surface area contributed by atoms with Gasteiger partial charge in [0.15, 0.2) is 0 Å². The molecule has 6 heteroatoms. The van der Waals surface area contributed by atoms with E-state index in [2.05, 4.69) is 20.7 Å². The normalized spacial score (nSPS) is 15.3. The molecule has 1 rings (SSSR count). The van der Waals surface area contributed by atoms with Crippen LogP contribution < -0.4 is 4.72 Å². The van der Waals surface area contributed by atoms with Gasteiger partial charge in [-0.05, 0) is 67.7 Å². The van der Waals surface area contributed by atoms with Crippen LogP contribution in [0.5, 0.6) is 0 Å². The predicted molar refractivity (Wildman–Crippen MR) is 79.4 cm³/mol. The summed E-state index contributed by atoms with van der Waals surface area (Å²) >= 11 is 1.52. The maximum Gasteiger partial charge on any atom is 0.235 e. The van der Waals surface area contributed by atoms with Crippen molar-refractivity contribution in [3.63, 3.8) is 0 Å². The lowest BCUT2D eigenvalue weighted by Gasteiger charge is -2.21. The molecule has 1 aromatic rings. The highest BCUT2D eigenvalue weighted by molar-refractivity contribution is 9.10. The van der Waals surface area contributed by atoms with Gasteiger partial charge in [-0.25, -0.2) is 13.3 Å². The second-order valence-electron chi connectivity index (χ2n) is 5.35. The van der Waals surface area contributed by atoms with Gasteiger partial charge in [0, 0.05) is 6.04 Å². The molecule has 1 aromatic carbocycles. The van der Waals surface area contributed by atoms with Crippen LogP contribution >= 0.6 is 15.9 Å². The summed E-state index contributed by atoms with van der Waals surface area (Å²) in [5.74, 6) is -0.298. The Kier molecular flexibility index (Phi) is 5.67. The largest absolute Gasteiger partial charge is 0.272 e. The summed E-state index contributed by atoms with van der Waals surface area (Å²) in [7, 11) is 0. The Morgan fingerprint density at radius 1 is 1.42 bits per heavy atom. The maximum absolute atomic E-state index is 13.8. The van der Waals surface area contributed by atoms with Crippen LogP contribution in [-0.2, 0) is 15.4 Å². The van der Waals surface area contributed by atoms with E-state index in [1.54, 1.807) is 19.1 Å².